The van der Waals surface area contributed by atoms with Gasteiger partial charge in [0.25, 0.3) is 0 Å². The summed E-state index contributed by atoms with van der Waals surface area (Å²) in [5.74, 6) is -1.03. The molecule has 0 aliphatic rings. The Hall–Kier alpha value is -2.86. The van der Waals surface area contributed by atoms with Gasteiger partial charge in [0.1, 0.15) is 11.6 Å². The Morgan fingerprint density at radius 2 is 1.86 bits per heavy atom. The smallest absolute Gasteiger partial charge is 0.305 e. The third kappa shape index (κ3) is 5.35. The molecule has 0 aliphatic heterocycles. The molecular weight excluding hydrogens is 398 g/mol. The van der Waals surface area contributed by atoms with E-state index in [1.54, 1.807) is 37.3 Å². The maximum absolute atomic E-state index is 14.3. The second kappa shape index (κ2) is 9.56. The van der Waals surface area contributed by atoms with Gasteiger partial charge in [-0.25, -0.2) is 18.7 Å². The van der Waals surface area contributed by atoms with Gasteiger partial charge in [-0.3, -0.25) is 4.79 Å². The summed E-state index contributed by atoms with van der Waals surface area (Å²) in [7, 11) is 0. The van der Waals surface area contributed by atoms with Crippen LogP contribution in [-0.2, 0) is 16.0 Å². The van der Waals surface area contributed by atoms with Crippen molar-refractivity contribution in [2.45, 2.75) is 26.2 Å². The highest BCUT2D eigenvalue weighted by Gasteiger charge is 2.13. The molecule has 150 valence electrons. The van der Waals surface area contributed by atoms with Gasteiger partial charge in [0.05, 0.1) is 17.3 Å². The predicted molar refractivity (Wildman–Crippen MR) is 107 cm³/mol. The average molecular weight is 417 g/mol. The number of hydrogen-bond donors (Lipinski definition) is 0. The van der Waals surface area contributed by atoms with Crippen molar-refractivity contribution in [3.63, 3.8) is 0 Å². The van der Waals surface area contributed by atoms with Gasteiger partial charge in [-0.15, -0.1) is 0 Å². The number of hydrogen-bond acceptors (Lipinski definition) is 4. The fourth-order valence-corrected chi connectivity index (χ4v) is 2.96. The van der Waals surface area contributed by atoms with Gasteiger partial charge in [-0.05, 0) is 56.2 Å². The van der Waals surface area contributed by atoms with Crippen LogP contribution in [0.5, 0.6) is 0 Å². The lowest BCUT2D eigenvalue weighted by Crippen LogP contribution is -2.05. The van der Waals surface area contributed by atoms with Crippen molar-refractivity contribution in [2.24, 2.45) is 0 Å². The zero-order chi connectivity index (χ0) is 20.8. The van der Waals surface area contributed by atoms with Gasteiger partial charge >= 0.3 is 5.97 Å². The zero-order valence-electron chi connectivity index (χ0n) is 15.8. The second-order valence-electron chi connectivity index (χ2n) is 6.34. The standard InChI is InChI=1S/C22H19ClF2N2O2/c1-2-29-21(28)9-5-6-15-13-20(16-7-3-4-8-18(16)24)27-22(26-15)14-10-11-17(23)19(25)12-14/h3-4,7-8,10-13H,2,5-6,9H2,1H3. The monoisotopic (exact) mass is 416 g/mol. The van der Waals surface area contributed by atoms with Crippen molar-refractivity contribution in [3.8, 4) is 22.6 Å². The van der Waals surface area contributed by atoms with Gasteiger partial charge in [0.2, 0.25) is 0 Å². The summed E-state index contributed by atoms with van der Waals surface area (Å²) in [6, 6.07) is 12.2. The van der Waals surface area contributed by atoms with Crippen LogP contribution in [0.4, 0.5) is 8.78 Å². The molecule has 0 aliphatic carbocycles. The molecule has 1 aromatic heterocycles. The third-order valence-electron chi connectivity index (χ3n) is 4.23. The number of aryl methyl sites for hydroxylation is 1. The van der Waals surface area contributed by atoms with E-state index < -0.39 is 11.6 Å². The molecule has 3 aromatic rings. The molecule has 4 nitrogen and oxygen atoms in total. The fraction of sp³-hybridized carbons (Fsp3) is 0.227. The van der Waals surface area contributed by atoms with Gasteiger partial charge < -0.3 is 4.74 Å². The molecule has 0 N–H and O–H groups in total. The molecule has 0 fully saturated rings. The lowest BCUT2D eigenvalue weighted by atomic mass is 10.1. The van der Waals surface area contributed by atoms with Gasteiger partial charge in [-0.1, -0.05) is 23.7 Å². The molecule has 2 aromatic carbocycles. The highest BCUT2D eigenvalue weighted by Crippen LogP contribution is 2.27. The summed E-state index contributed by atoms with van der Waals surface area (Å²) in [4.78, 5) is 20.5. The minimum absolute atomic E-state index is 0.00586. The van der Waals surface area contributed by atoms with E-state index >= 15 is 0 Å². The summed E-state index contributed by atoms with van der Waals surface area (Å²) >= 11 is 5.76. The first-order valence-electron chi connectivity index (χ1n) is 9.22. The van der Waals surface area contributed by atoms with E-state index in [0.29, 0.717) is 42.0 Å². The third-order valence-corrected chi connectivity index (χ3v) is 4.53. The largest absolute Gasteiger partial charge is 0.466 e. The van der Waals surface area contributed by atoms with Crippen LogP contribution in [0.2, 0.25) is 5.02 Å². The molecule has 0 spiro atoms. The van der Waals surface area contributed by atoms with Crippen molar-refractivity contribution < 1.29 is 18.3 Å². The molecular formula is C22H19ClF2N2O2. The molecule has 0 radical (unpaired) electrons. The average Bonchev–Trinajstić information content (AvgIpc) is 2.70. The lowest BCUT2D eigenvalue weighted by molar-refractivity contribution is -0.143. The molecule has 29 heavy (non-hydrogen) atoms. The van der Waals surface area contributed by atoms with Crippen molar-refractivity contribution in [1.29, 1.82) is 0 Å². The number of ether oxygens (including phenoxy) is 1. The SMILES string of the molecule is CCOC(=O)CCCc1cc(-c2ccccc2F)nc(-c2ccc(Cl)c(F)c2)n1. The quantitative estimate of drug-likeness (QED) is 0.468. The van der Waals surface area contributed by atoms with E-state index in [0.717, 1.165) is 0 Å². The Kier molecular flexibility index (Phi) is 6.88. The minimum atomic E-state index is -0.590. The second-order valence-corrected chi connectivity index (χ2v) is 6.74. The van der Waals surface area contributed by atoms with Crippen LogP contribution in [0, 0.1) is 11.6 Å². The van der Waals surface area contributed by atoms with Crippen LogP contribution >= 0.6 is 11.6 Å². The predicted octanol–water partition coefficient (Wildman–Crippen LogP) is 5.63. The number of rotatable bonds is 7. The van der Waals surface area contributed by atoms with E-state index in [4.69, 9.17) is 16.3 Å². The summed E-state index contributed by atoms with van der Waals surface area (Å²) in [5, 5.41) is -0.00586. The van der Waals surface area contributed by atoms with E-state index in [-0.39, 0.29) is 23.2 Å². The molecule has 0 atom stereocenters. The first-order valence-corrected chi connectivity index (χ1v) is 9.59. The number of benzene rings is 2. The highest BCUT2D eigenvalue weighted by molar-refractivity contribution is 6.30. The first-order chi connectivity index (χ1) is 14.0. The van der Waals surface area contributed by atoms with Crippen molar-refractivity contribution in [3.05, 3.63) is 70.9 Å². The van der Waals surface area contributed by atoms with E-state index in [2.05, 4.69) is 9.97 Å². The van der Waals surface area contributed by atoms with Crippen molar-refractivity contribution in [2.75, 3.05) is 6.61 Å². The van der Waals surface area contributed by atoms with Crippen molar-refractivity contribution in [1.82, 2.24) is 9.97 Å². The lowest BCUT2D eigenvalue weighted by Gasteiger charge is -2.10. The molecule has 0 saturated carbocycles. The molecule has 0 unspecified atom stereocenters. The zero-order valence-corrected chi connectivity index (χ0v) is 16.5. The van der Waals surface area contributed by atoms with Crippen molar-refractivity contribution >= 4 is 17.6 Å². The van der Waals surface area contributed by atoms with E-state index in [1.165, 1.54) is 18.2 Å². The van der Waals surface area contributed by atoms with E-state index in [9.17, 15) is 13.6 Å². The first kappa shape index (κ1) is 20.9. The Morgan fingerprint density at radius 3 is 2.59 bits per heavy atom. The van der Waals surface area contributed by atoms with Crippen LogP contribution in [-0.4, -0.2) is 22.5 Å². The normalized spacial score (nSPS) is 10.8. The number of carbonyl (C=O) groups is 1. The highest BCUT2D eigenvalue weighted by atomic mass is 35.5. The fourth-order valence-electron chi connectivity index (χ4n) is 2.84. The molecule has 0 saturated heterocycles. The van der Waals surface area contributed by atoms with Crippen LogP contribution in [0.1, 0.15) is 25.5 Å². The topological polar surface area (TPSA) is 52.1 Å². The molecule has 3 rings (SSSR count). The van der Waals surface area contributed by atoms with Gasteiger partial charge in [0, 0.05) is 23.2 Å². The Bertz CT molecular complexity index is 1030. The van der Waals surface area contributed by atoms with Crippen LogP contribution in [0.15, 0.2) is 48.5 Å². The summed E-state index contributed by atoms with van der Waals surface area (Å²) in [6.45, 7) is 2.08. The molecule has 1 heterocycles. The van der Waals surface area contributed by atoms with Crippen LogP contribution < -0.4 is 0 Å². The summed E-state index contributed by atoms with van der Waals surface area (Å²) in [6.07, 6.45) is 1.23. The van der Waals surface area contributed by atoms with E-state index in [1.807, 2.05) is 0 Å². The Labute approximate surface area is 172 Å². The summed E-state index contributed by atoms with van der Waals surface area (Å²) < 4.78 is 33.2. The maximum Gasteiger partial charge on any atom is 0.305 e. The van der Waals surface area contributed by atoms with Gasteiger partial charge in [-0.2, -0.15) is 0 Å². The number of esters is 1. The number of halogens is 3. The summed E-state index contributed by atoms with van der Waals surface area (Å²) in [5.41, 5.74) is 1.75. The minimum Gasteiger partial charge on any atom is -0.466 e. The maximum atomic E-state index is 14.3. The Morgan fingerprint density at radius 1 is 1.07 bits per heavy atom. The number of carbonyl (C=O) groups excluding carboxylic acids is 1. The van der Waals surface area contributed by atoms with Gasteiger partial charge in [0.15, 0.2) is 5.82 Å². The molecule has 7 heteroatoms. The molecule has 0 amide bonds. The number of nitrogens with zero attached hydrogens (tertiary/aromatic N) is 2. The van der Waals surface area contributed by atoms with Crippen LogP contribution in [0.25, 0.3) is 22.6 Å². The number of aromatic nitrogens is 2. The molecule has 0 bridgehead atoms. The van der Waals surface area contributed by atoms with Crippen LogP contribution in [0.3, 0.4) is 0 Å². The Balaban J connectivity index is 1.97.